The number of hydrogen-bond donors (Lipinski definition) is 2. The summed E-state index contributed by atoms with van der Waals surface area (Å²) in [6.07, 6.45) is 1.92. The summed E-state index contributed by atoms with van der Waals surface area (Å²) in [4.78, 5) is 53.1. The lowest BCUT2D eigenvalue weighted by molar-refractivity contribution is -0.148. The standard InChI is InChI=1S/C19H21ClN4O4S/c20-11-1-4-14-13(9-11)22-17(26)15(29-14)10-16(25)23-5-7-24(8-6-23)19(28)18(27)21-12-2-3-12/h1,4,9,12,15H,2-3,5-8,10H2,(H,21,27)(H,22,26). The van der Waals surface area contributed by atoms with Gasteiger partial charge in [-0.1, -0.05) is 11.6 Å². The summed E-state index contributed by atoms with van der Waals surface area (Å²) in [6.45, 7) is 1.33. The van der Waals surface area contributed by atoms with Gasteiger partial charge in [-0.15, -0.1) is 11.8 Å². The van der Waals surface area contributed by atoms with Gasteiger partial charge < -0.3 is 20.4 Å². The van der Waals surface area contributed by atoms with Crippen LogP contribution in [-0.4, -0.2) is 70.9 Å². The SMILES string of the molecule is O=C(NC1CC1)C(=O)N1CCN(C(=O)CC2Sc3ccc(Cl)cc3NC2=O)CC1. The van der Waals surface area contributed by atoms with E-state index in [1.54, 1.807) is 17.0 Å². The lowest BCUT2D eigenvalue weighted by Gasteiger charge is -2.35. The number of halogens is 1. The minimum absolute atomic E-state index is 0.0781. The second-order valence-electron chi connectivity index (χ2n) is 7.36. The molecule has 2 N–H and O–H groups in total. The molecule has 2 aliphatic heterocycles. The zero-order valence-electron chi connectivity index (χ0n) is 15.7. The molecule has 29 heavy (non-hydrogen) atoms. The van der Waals surface area contributed by atoms with Crippen molar-refractivity contribution in [2.24, 2.45) is 0 Å². The first-order valence-electron chi connectivity index (χ1n) is 9.55. The largest absolute Gasteiger partial charge is 0.345 e. The van der Waals surface area contributed by atoms with Gasteiger partial charge in [0.25, 0.3) is 0 Å². The first-order valence-corrected chi connectivity index (χ1v) is 10.8. The first kappa shape index (κ1) is 20.0. The van der Waals surface area contributed by atoms with Crippen molar-refractivity contribution in [1.82, 2.24) is 15.1 Å². The van der Waals surface area contributed by atoms with Crippen LogP contribution in [-0.2, 0) is 19.2 Å². The van der Waals surface area contributed by atoms with Crippen LogP contribution >= 0.6 is 23.4 Å². The highest BCUT2D eigenvalue weighted by molar-refractivity contribution is 8.01. The van der Waals surface area contributed by atoms with E-state index in [9.17, 15) is 19.2 Å². The number of amides is 4. The Morgan fingerprint density at radius 3 is 2.52 bits per heavy atom. The lowest BCUT2D eigenvalue weighted by atomic mass is 10.2. The van der Waals surface area contributed by atoms with Gasteiger partial charge in [0, 0.05) is 48.6 Å². The third-order valence-corrected chi connectivity index (χ3v) is 6.66. The molecule has 4 rings (SSSR count). The molecular formula is C19H21ClN4O4S. The molecule has 1 saturated heterocycles. The van der Waals surface area contributed by atoms with Gasteiger partial charge in [-0.2, -0.15) is 0 Å². The van der Waals surface area contributed by atoms with Crippen LogP contribution in [0.4, 0.5) is 5.69 Å². The normalized spacial score (nSPS) is 21.3. The molecule has 1 aromatic rings. The monoisotopic (exact) mass is 436 g/mol. The van der Waals surface area contributed by atoms with Gasteiger partial charge in [-0.25, -0.2) is 0 Å². The Morgan fingerprint density at radius 2 is 1.83 bits per heavy atom. The summed E-state index contributed by atoms with van der Waals surface area (Å²) < 4.78 is 0. The summed E-state index contributed by atoms with van der Waals surface area (Å²) in [5, 5.41) is 5.52. The fourth-order valence-electron chi connectivity index (χ4n) is 3.32. The van der Waals surface area contributed by atoms with Crippen LogP contribution in [0.1, 0.15) is 19.3 Å². The summed E-state index contributed by atoms with van der Waals surface area (Å²) in [5.74, 6) is -1.46. The average molecular weight is 437 g/mol. The maximum Gasteiger partial charge on any atom is 0.312 e. The molecule has 1 aromatic carbocycles. The fourth-order valence-corrected chi connectivity index (χ4v) is 4.58. The second kappa shape index (κ2) is 8.23. The van der Waals surface area contributed by atoms with Crippen LogP contribution in [0.2, 0.25) is 5.02 Å². The molecule has 2 fully saturated rings. The Balaban J connectivity index is 1.28. The van der Waals surface area contributed by atoms with E-state index < -0.39 is 17.1 Å². The van der Waals surface area contributed by atoms with Crippen molar-refractivity contribution in [3.63, 3.8) is 0 Å². The molecular weight excluding hydrogens is 416 g/mol. The molecule has 0 spiro atoms. The quantitative estimate of drug-likeness (QED) is 0.691. The van der Waals surface area contributed by atoms with Crippen LogP contribution < -0.4 is 10.6 Å². The first-order chi connectivity index (χ1) is 13.9. The number of nitrogens with zero attached hydrogens (tertiary/aromatic N) is 2. The molecule has 4 amide bonds. The van der Waals surface area contributed by atoms with Gasteiger partial charge in [0.15, 0.2) is 0 Å². The average Bonchev–Trinajstić information content (AvgIpc) is 3.52. The van der Waals surface area contributed by atoms with Crippen LogP contribution in [0.15, 0.2) is 23.1 Å². The number of hydrogen-bond acceptors (Lipinski definition) is 5. The molecule has 2 heterocycles. The van der Waals surface area contributed by atoms with Crippen LogP contribution in [0.5, 0.6) is 0 Å². The summed E-state index contributed by atoms with van der Waals surface area (Å²) >= 11 is 7.30. The van der Waals surface area contributed by atoms with Crippen molar-refractivity contribution in [1.29, 1.82) is 0 Å². The molecule has 0 aromatic heterocycles. The molecule has 10 heteroatoms. The van der Waals surface area contributed by atoms with Crippen molar-refractivity contribution in [2.75, 3.05) is 31.5 Å². The molecule has 154 valence electrons. The minimum atomic E-state index is -0.568. The number of anilines is 1. The Bertz CT molecular complexity index is 868. The van der Waals surface area contributed by atoms with E-state index in [0.717, 1.165) is 17.7 Å². The second-order valence-corrected chi connectivity index (χ2v) is 9.04. The molecule has 1 atom stereocenters. The molecule has 3 aliphatic rings. The number of carbonyl (C=O) groups excluding carboxylic acids is 4. The number of fused-ring (bicyclic) bond motifs is 1. The Labute approximate surface area is 177 Å². The minimum Gasteiger partial charge on any atom is -0.345 e. The number of rotatable bonds is 3. The predicted octanol–water partition coefficient (Wildman–Crippen LogP) is 1.09. The predicted molar refractivity (Wildman–Crippen MR) is 109 cm³/mol. The van der Waals surface area contributed by atoms with E-state index in [1.165, 1.54) is 16.7 Å². The molecule has 1 saturated carbocycles. The zero-order chi connectivity index (χ0) is 20.5. The highest BCUT2D eigenvalue weighted by Crippen LogP contribution is 2.38. The maximum atomic E-state index is 12.7. The van der Waals surface area contributed by atoms with Gasteiger partial charge in [0.05, 0.1) is 10.9 Å². The summed E-state index contributed by atoms with van der Waals surface area (Å²) in [6, 6.07) is 5.40. The van der Waals surface area contributed by atoms with Crippen molar-refractivity contribution >= 4 is 52.7 Å². The van der Waals surface area contributed by atoms with E-state index in [0.29, 0.717) is 36.9 Å². The van der Waals surface area contributed by atoms with E-state index in [2.05, 4.69) is 10.6 Å². The number of piperazine rings is 1. The van der Waals surface area contributed by atoms with Gasteiger partial charge >= 0.3 is 11.8 Å². The smallest absolute Gasteiger partial charge is 0.312 e. The molecule has 1 unspecified atom stereocenters. The molecule has 0 radical (unpaired) electrons. The lowest BCUT2D eigenvalue weighted by Crippen LogP contribution is -2.54. The number of nitrogens with one attached hydrogen (secondary N) is 2. The number of benzene rings is 1. The van der Waals surface area contributed by atoms with Gasteiger partial charge in [0.1, 0.15) is 0 Å². The van der Waals surface area contributed by atoms with Crippen LogP contribution in [0.3, 0.4) is 0 Å². The molecule has 0 bridgehead atoms. The van der Waals surface area contributed by atoms with Crippen molar-refractivity contribution in [2.45, 2.75) is 35.4 Å². The van der Waals surface area contributed by atoms with Crippen molar-refractivity contribution in [3.8, 4) is 0 Å². The third-order valence-electron chi connectivity index (χ3n) is 5.15. The van der Waals surface area contributed by atoms with E-state index in [4.69, 9.17) is 11.6 Å². The van der Waals surface area contributed by atoms with Crippen molar-refractivity contribution in [3.05, 3.63) is 23.2 Å². The third kappa shape index (κ3) is 4.67. The molecule has 1 aliphatic carbocycles. The zero-order valence-corrected chi connectivity index (χ0v) is 17.2. The Kier molecular flexibility index (Phi) is 5.69. The summed E-state index contributed by atoms with van der Waals surface area (Å²) in [7, 11) is 0. The van der Waals surface area contributed by atoms with Gasteiger partial charge in [-0.05, 0) is 31.0 Å². The summed E-state index contributed by atoms with van der Waals surface area (Å²) in [5.41, 5.74) is 0.660. The van der Waals surface area contributed by atoms with Crippen LogP contribution in [0.25, 0.3) is 0 Å². The highest BCUT2D eigenvalue weighted by atomic mass is 35.5. The topological polar surface area (TPSA) is 98.8 Å². The number of carbonyl (C=O) groups is 4. The Morgan fingerprint density at radius 1 is 1.14 bits per heavy atom. The van der Waals surface area contributed by atoms with E-state index in [-0.39, 0.29) is 24.3 Å². The Hall–Kier alpha value is -2.26. The fraction of sp³-hybridized carbons (Fsp3) is 0.474. The maximum absolute atomic E-state index is 12.7. The van der Waals surface area contributed by atoms with Gasteiger partial charge in [-0.3, -0.25) is 19.2 Å². The van der Waals surface area contributed by atoms with E-state index >= 15 is 0 Å². The van der Waals surface area contributed by atoms with Crippen molar-refractivity contribution < 1.29 is 19.2 Å². The highest BCUT2D eigenvalue weighted by Gasteiger charge is 2.34. The van der Waals surface area contributed by atoms with Crippen LogP contribution in [0, 0.1) is 0 Å². The van der Waals surface area contributed by atoms with E-state index in [1.807, 2.05) is 6.07 Å². The molecule has 8 nitrogen and oxygen atoms in total. The number of thioether (sulfide) groups is 1. The van der Waals surface area contributed by atoms with Gasteiger partial charge in [0.2, 0.25) is 11.8 Å².